The summed E-state index contributed by atoms with van der Waals surface area (Å²) >= 11 is 11.2. The summed E-state index contributed by atoms with van der Waals surface area (Å²) < 4.78 is 39.3. The van der Waals surface area contributed by atoms with Gasteiger partial charge in [0, 0.05) is 16.1 Å². The van der Waals surface area contributed by atoms with Crippen molar-refractivity contribution in [3.8, 4) is 17.2 Å². The van der Waals surface area contributed by atoms with Crippen LogP contribution in [0.1, 0.15) is 49.4 Å². The van der Waals surface area contributed by atoms with Crippen LogP contribution in [0.2, 0.25) is 5.02 Å². The number of carbonyl (C=O) groups is 1. The van der Waals surface area contributed by atoms with Crippen molar-refractivity contribution < 1.29 is 28.1 Å². The Morgan fingerprint density at radius 2 is 1.87 bits per heavy atom. The number of hydrogen-bond donors (Lipinski definition) is 0. The first kappa shape index (κ1) is 33.4. The van der Waals surface area contributed by atoms with Crippen molar-refractivity contribution in [3.05, 3.63) is 118 Å². The monoisotopic (exact) mass is 728 g/mol. The Morgan fingerprint density at radius 1 is 1.11 bits per heavy atom. The smallest absolute Gasteiger partial charge is 0.338 e. The number of halogens is 3. The number of nitrogens with zero attached hydrogens (tertiary/aromatic N) is 2. The molecule has 0 aliphatic carbocycles. The van der Waals surface area contributed by atoms with Crippen LogP contribution in [0.4, 0.5) is 4.39 Å². The fourth-order valence-corrected chi connectivity index (χ4v) is 6.99. The highest BCUT2D eigenvalue weighted by molar-refractivity contribution is 9.10. The summed E-state index contributed by atoms with van der Waals surface area (Å²) in [5.74, 6) is 0.312. The number of ether oxygens (including phenoxy) is 4. The number of methoxy groups -OCH3 is 2. The predicted octanol–water partition coefficient (Wildman–Crippen LogP) is 6.73. The van der Waals surface area contributed by atoms with Gasteiger partial charge in [0.1, 0.15) is 24.2 Å². The summed E-state index contributed by atoms with van der Waals surface area (Å²) in [5.41, 5.74) is 2.03. The fraction of sp³-hybridized carbons (Fsp3) is 0.265. The summed E-state index contributed by atoms with van der Waals surface area (Å²) in [7, 11) is 3.02. The Bertz CT molecular complexity index is 2010. The SMILES string of the molecule is CCCC1=C(C(=O)OCC)[C@@H](c2cc(Cl)ccc2OC)n2c(s/c(=C/c3cc(Br)c(OCc4ccccc4F)c(OC)c3)c2=O)=N1. The third-order valence-electron chi connectivity index (χ3n) is 7.26. The Kier molecular flexibility index (Phi) is 10.7. The standard InChI is InChI=1S/C34H31BrClFN2O6S/c1-5-9-25-29(33(41)44-6-2)30(22-17-21(36)12-13-26(22)42-3)39-32(40)28(46-34(39)38-25)16-19-14-23(35)31(27(15-19)43-4)45-18-20-10-7-8-11-24(20)37/h7-8,10-17,30H,5-6,9,18H2,1-4H3/b28-16+/t30-/m1/s1. The number of carbonyl (C=O) groups excluding carboxylic acids is 1. The quantitative estimate of drug-likeness (QED) is 0.159. The molecule has 0 saturated heterocycles. The molecule has 8 nitrogen and oxygen atoms in total. The molecule has 2 heterocycles. The highest BCUT2D eigenvalue weighted by Crippen LogP contribution is 2.39. The van der Waals surface area contributed by atoms with Gasteiger partial charge in [0.05, 0.1) is 41.1 Å². The molecule has 1 aliphatic rings. The zero-order valence-corrected chi connectivity index (χ0v) is 28.7. The lowest BCUT2D eigenvalue weighted by atomic mass is 9.93. The number of allylic oxidation sites excluding steroid dienone is 1. The molecule has 240 valence electrons. The number of hydrogen-bond acceptors (Lipinski definition) is 8. The molecular formula is C34H31BrClFN2O6S. The number of benzene rings is 3. The second kappa shape index (κ2) is 14.7. The number of rotatable bonds is 11. The molecule has 46 heavy (non-hydrogen) atoms. The van der Waals surface area contributed by atoms with Gasteiger partial charge >= 0.3 is 5.97 Å². The van der Waals surface area contributed by atoms with Crippen molar-refractivity contribution in [3.63, 3.8) is 0 Å². The van der Waals surface area contributed by atoms with Crippen LogP contribution in [0.5, 0.6) is 17.2 Å². The van der Waals surface area contributed by atoms with Crippen molar-refractivity contribution in [2.24, 2.45) is 4.99 Å². The highest BCUT2D eigenvalue weighted by atomic mass is 79.9. The Morgan fingerprint density at radius 3 is 2.57 bits per heavy atom. The number of fused-ring (bicyclic) bond motifs is 1. The normalized spacial score (nSPS) is 14.5. The lowest BCUT2D eigenvalue weighted by Gasteiger charge is -2.27. The summed E-state index contributed by atoms with van der Waals surface area (Å²) in [4.78, 5) is 32.9. The van der Waals surface area contributed by atoms with Gasteiger partial charge in [0.2, 0.25) is 0 Å². The van der Waals surface area contributed by atoms with Crippen molar-refractivity contribution in [2.45, 2.75) is 39.3 Å². The fourth-order valence-electron chi connectivity index (χ4n) is 5.21. The van der Waals surface area contributed by atoms with E-state index in [9.17, 15) is 14.0 Å². The largest absolute Gasteiger partial charge is 0.496 e. The van der Waals surface area contributed by atoms with Crippen LogP contribution in [-0.4, -0.2) is 31.4 Å². The Labute approximate surface area is 282 Å². The molecule has 3 aromatic carbocycles. The molecule has 1 aliphatic heterocycles. The van der Waals surface area contributed by atoms with E-state index in [2.05, 4.69) is 15.9 Å². The van der Waals surface area contributed by atoms with Crippen LogP contribution in [-0.2, 0) is 16.1 Å². The van der Waals surface area contributed by atoms with Crippen molar-refractivity contribution in [1.82, 2.24) is 4.57 Å². The summed E-state index contributed by atoms with van der Waals surface area (Å²) in [6, 6.07) is 14.1. The van der Waals surface area contributed by atoms with E-state index in [1.165, 1.54) is 36.2 Å². The van der Waals surface area contributed by atoms with Gasteiger partial charge in [0.15, 0.2) is 16.3 Å². The van der Waals surface area contributed by atoms with Crippen LogP contribution in [0.15, 0.2) is 80.1 Å². The third-order valence-corrected chi connectivity index (χ3v) is 9.06. The third kappa shape index (κ3) is 6.77. The summed E-state index contributed by atoms with van der Waals surface area (Å²) in [5, 5.41) is 0.421. The molecular weight excluding hydrogens is 699 g/mol. The molecule has 0 unspecified atom stereocenters. The second-order valence-electron chi connectivity index (χ2n) is 10.2. The van der Waals surface area contributed by atoms with Crippen LogP contribution in [0.25, 0.3) is 6.08 Å². The highest BCUT2D eigenvalue weighted by Gasteiger charge is 2.36. The second-order valence-corrected chi connectivity index (χ2v) is 12.5. The van der Waals surface area contributed by atoms with E-state index in [1.807, 2.05) is 6.92 Å². The minimum absolute atomic E-state index is 0.00453. The molecule has 0 fully saturated rings. The molecule has 0 spiro atoms. The molecule has 1 aromatic heterocycles. The lowest BCUT2D eigenvalue weighted by Crippen LogP contribution is -2.40. The van der Waals surface area contributed by atoms with E-state index < -0.39 is 12.0 Å². The first-order valence-corrected chi connectivity index (χ1v) is 16.5. The van der Waals surface area contributed by atoms with Crippen LogP contribution >= 0.6 is 38.9 Å². The summed E-state index contributed by atoms with van der Waals surface area (Å²) in [6.45, 7) is 3.87. The van der Waals surface area contributed by atoms with Gasteiger partial charge < -0.3 is 18.9 Å². The van der Waals surface area contributed by atoms with Gasteiger partial charge in [-0.3, -0.25) is 9.36 Å². The molecule has 0 amide bonds. The molecule has 0 saturated carbocycles. The average Bonchev–Trinajstić information content (AvgIpc) is 3.34. The molecule has 4 aromatic rings. The predicted molar refractivity (Wildman–Crippen MR) is 179 cm³/mol. The van der Waals surface area contributed by atoms with Gasteiger partial charge in [-0.15, -0.1) is 0 Å². The Hall–Kier alpha value is -3.93. The van der Waals surface area contributed by atoms with Gasteiger partial charge in [-0.25, -0.2) is 14.2 Å². The van der Waals surface area contributed by atoms with Gasteiger partial charge in [-0.05, 0) is 77.3 Å². The van der Waals surface area contributed by atoms with Crippen LogP contribution in [0, 0.1) is 5.82 Å². The van der Waals surface area contributed by atoms with Crippen LogP contribution in [0.3, 0.4) is 0 Å². The number of thiazole rings is 1. The molecule has 0 N–H and O–H groups in total. The minimum Gasteiger partial charge on any atom is -0.496 e. The Balaban J connectivity index is 1.65. The maximum Gasteiger partial charge on any atom is 0.338 e. The van der Waals surface area contributed by atoms with E-state index in [-0.39, 0.29) is 30.2 Å². The number of aromatic nitrogens is 1. The van der Waals surface area contributed by atoms with Gasteiger partial charge in [-0.1, -0.05) is 54.5 Å². The van der Waals surface area contributed by atoms with E-state index in [0.717, 1.165) is 6.42 Å². The first-order valence-electron chi connectivity index (χ1n) is 14.5. The molecule has 12 heteroatoms. The van der Waals surface area contributed by atoms with Gasteiger partial charge in [0.25, 0.3) is 5.56 Å². The lowest BCUT2D eigenvalue weighted by molar-refractivity contribution is -0.139. The number of esters is 1. The first-order chi connectivity index (χ1) is 22.2. The maximum atomic E-state index is 14.2. The zero-order valence-electron chi connectivity index (χ0n) is 25.6. The van der Waals surface area contributed by atoms with E-state index in [4.69, 9.17) is 35.5 Å². The summed E-state index contributed by atoms with van der Waals surface area (Å²) in [6.07, 6.45) is 2.93. The van der Waals surface area contributed by atoms with Crippen LogP contribution < -0.4 is 29.1 Å². The zero-order chi connectivity index (χ0) is 33.0. The molecule has 0 bridgehead atoms. The van der Waals surface area contributed by atoms with E-state index in [1.54, 1.807) is 61.5 Å². The van der Waals surface area contributed by atoms with Gasteiger partial charge in [-0.2, -0.15) is 0 Å². The van der Waals surface area contributed by atoms with E-state index in [0.29, 0.717) is 64.9 Å². The minimum atomic E-state index is -0.886. The van der Waals surface area contributed by atoms with Crippen molar-refractivity contribution in [1.29, 1.82) is 0 Å². The molecule has 0 radical (unpaired) electrons. The van der Waals surface area contributed by atoms with Crippen molar-refractivity contribution >= 4 is 50.9 Å². The molecule has 1 atom stereocenters. The van der Waals surface area contributed by atoms with E-state index >= 15 is 0 Å². The maximum absolute atomic E-state index is 14.2. The molecule has 5 rings (SSSR count). The van der Waals surface area contributed by atoms with Crippen molar-refractivity contribution in [2.75, 3.05) is 20.8 Å². The average molecular weight is 730 g/mol. The topological polar surface area (TPSA) is 88.4 Å².